The van der Waals surface area contributed by atoms with Crippen LogP contribution in [-0.2, 0) is 11.2 Å². The van der Waals surface area contributed by atoms with Crippen LogP contribution < -0.4 is 10.5 Å². The van der Waals surface area contributed by atoms with Gasteiger partial charge in [0.25, 0.3) is 11.1 Å². The molecule has 1 heterocycles. The van der Waals surface area contributed by atoms with Crippen molar-refractivity contribution in [1.29, 1.82) is 0 Å². The third-order valence-corrected chi connectivity index (χ3v) is 4.20. The first-order chi connectivity index (χ1) is 10.7. The van der Waals surface area contributed by atoms with Gasteiger partial charge in [0.2, 0.25) is 0 Å². The fourth-order valence-electron chi connectivity index (χ4n) is 2.23. The quantitative estimate of drug-likeness (QED) is 0.760. The molecule has 1 aliphatic heterocycles. The van der Waals surface area contributed by atoms with Crippen LogP contribution in [0.1, 0.15) is 18.9 Å². The Morgan fingerprint density at radius 3 is 2.74 bits per heavy atom. The number of benzene rings is 1. The van der Waals surface area contributed by atoms with Gasteiger partial charge in [0, 0.05) is 13.1 Å². The molecule has 1 aromatic rings. The van der Waals surface area contributed by atoms with E-state index in [-0.39, 0.29) is 36.6 Å². The van der Waals surface area contributed by atoms with E-state index in [0.29, 0.717) is 17.9 Å². The lowest BCUT2D eigenvalue weighted by atomic mass is 10.1. The Hall–Kier alpha value is -1.50. The molecule has 0 unspecified atom stereocenters. The van der Waals surface area contributed by atoms with Crippen LogP contribution in [0.15, 0.2) is 35.2 Å². The fraction of sp³-hybridized carbons (Fsp3) is 0.375. The van der Waals surface area contributed by atoms with Gasteiger partial charge in [0.1, 0.15) is 5.75 Å². The largest absolute Gasteiger partial charge is 0.494 e. The van der Waals surface area contributed by atoms with Crippen molar-refractivity contribution in [3.05, 3.63) is 40.8 Å². The predicted molar refractivity (Wildman–Crippen MR) is 95.0 cm³/mol. The van der Waals surface area contributed by atoms with E-state index in [0.717, 1.165) is 29.5 Å². The van der Waals surface area contributed by atoms with Crippen LogP contribution in [0, 0.1) is 0 Å². The smallest absolute Gasteiger partial charge is 0.293 e. The molecule has 0 radical (unpaired) electrons. The number of rotatable bonds is 7. The average Bonchev–Trinajstić information content (AvgIpc) is 2.77. The number of amides is 2. The highest BCUT2D eigenvalue weighted by molar-refractivity contribution is 8.18. The van der Waals surface area contributed by atoms with Gasteiger partial charge < -0.3 is 10.5 Å². The monoisotopic (exact) mass is 356 g/mol. The number of ether oxygens (including phenoxy) is 1. The third-order valence-electron chi connectivity index (χ3n) is 3.24. The number of hydrogen-bond donors (Lipinski definition) is 1. The van der Waals surface area contributed by atoms with Gasteiger partial charge in [-0.25, -0.2) is 0 Å². The van der Waals surface area contributed by atoms with Gasteiger partial charge in [-0.05, 0) is 43.2 Å². The summed E-state index contributed by atoms with van der Waals surface area (Å²) in [4.78, 5) is 25.5. The van der Waals surface area contributed by atoms with Crippen LogP contribution in [0.5, 0.6) is 5.75 Å². The minimum absolute atomic E-state index is 0. The molecule has 0 spiro atoms. The molecule has 1 aliphatic rings. The highest BCUT2D eigenvalue weighted by Crippen LogP contribution is 2.31. The second-order valence-electron chi connectivity index (χ2n) is 4.76. The highest BCUT2D eigenvalue weighted by atomic mass is 35.5. The number of nitrogens with two attached hydrogens (primary N) is 1. The number of allylic oxidation sites excluding steroid dienone is 1. The Kier molecular flexibility index (Phi) is 8.16. The Balaban J connectivity index is 0.00000264. The van der Waals surface area contributed by atoms with Crippen LogP contribution in [-0.4, -0.2) is 35.7 Å². The van der Waals surface area contributed by atoms with E-state index in [1.165, 1.54) is 4.90 Å². The number of aryl methyl sites for hydroxylation is 1. The SMILES string of the molecule is CCOc1ccccc1CC/C=C1\SC(=O)N(CCN)C1=O.Cl. The van der Waals surface area contributed by atoms with E-state index in [1.54, 1.807) is 0 Å². The predicted octanol–water partition coefficient (Wildman–Crippen LogP) is 2.98. The Morgan fingerprint density at radius 2 is 2.04 bits per heavy atom. The van der Waals surface area contributed by atoms with Gasteiger partial charge in [0.15, 0.2) is 0 Å². The molecule has 0 saturated carbocycles. The number of thioether (sulfide) groups is 1. The first-order valence-corrected chi connectivity index (χ1v) is 8.13. The van der Waals surface area contributed by atoms with Gasteiger partial charge in [-0.2, -0.15) is 0 Å². The molecule has 1 saturated heterocycles. The number of carbonyl (C=O) groups is 2. The molecule has 0 atom stereocenters. The number of hydrogen-bond acceptors (Lipinski definition) is 5. The maximum atomic E-state index is 12.1. The van der Waals surface area contributed by atoms with E-state index in [9.17, 15) is 9.59 Å². The maximum absolute atomic E-state index is 12.1. The fourth-order valence-corrected chi connectivity index (χ4v) is 3.10. The molecular formula is C16H21ClN2O3S. The number of carbonyl (C=O) groups excluding carboxylic acids is 2. The lowest BCUT2D eigenvalue weighted by Gasteiger charge is -2.09. The molecular weight excluding hydrogens is 336 g/mol. The molecule has 2 rings (SSSR count). The van der Waals surface area contributed by atoms with E-state index in [4.69, 9.17) is 10.5 Å². The lowest BCUT2D eigenvalue weighted by Crippen LogP contribution is -2.33. The Labute approximate surface area is 146 Å². The standard InChI is InChI=1S/C16H20N2O3S.ClH/c1-2-21-13-8-4-3-6-12(13)7-5-9-14-15(19)18(11-10-17)16(20)22-14;/h3-4,6,8-9H,2,5,7,10-11,17H2,1H3;1H/b14-9-;. The third kappa shape index (κ3) is 4.99. The van der Waals surface area contributed by atoms with Crippen molar-refractivity contribution in [2.75, 3.05) is 19.7 Å². The van der Waals surface area contributed by atoms with Crippen LogP contribution in [0.4, 0.5) is 4.79 Å². The number of halogens is 1. The Morgan fingerprint density at radius 1 is 1.30 bits per heavy atom. The summed E-state index contributed by atoms with van der Waals surface area (Å²) in [5.74, 6) is 0.633. The van der Waals surface area contributed by atoms with Crippen molar-refractivity contribution in [2.45, 2.75) is 19.8 Å². The van der Waals surface area contributed by atoms with Crippen molar-refractivity contribution < 1.29 is 14.3 Å². The van der Waals surface area contributed by atoms with Crippen LogP contribution in [0.25, 0.3) is 0 Å². The van der Waals surface area contributed by atoms with Gasteiger partial charge >= 0.3 is 0 Å². The molecule has 0 aliphatic carbocycles. The normalized spacial score (nSPS) is 15.9. The van der Waals surface area contributed by atoms with E-state index < -0.39 is 0 Å². The summed E-state index contributed by atoms with van der Waals surface area (Å²) in [7, 11) is 0. The minimum atomic E-state index is -0.239. The van der Waals surface area contributed by atoms with Crippen LogP contribution in [0.2, 0.25) is 0 Å². The highest BCUT2D eigenvalue weighted by Gasteiger charge is 2.33. The van der Waals surface area contributed by atoms with Gasteiger partial charge in [0.05, 0.1) is 11.5 Å². The zero-order valence-electron chi connectivity index (χ0n) is 13.0. The molecule has 1 aromatic carbocycles. The number of nitrogens with zero attached hydrogens (tertiary/aromatic N) is 1. The molecule has 126 valence electrons. The number of para-hydroxylation sites is 1. The number of imide groups is 1. The minimum Gasteiger partial charge on any atom is -0.494 e. The second-order valence-corrected chi connectivity index (χ2v) is 5.75. The summed E-state index contributed by atoms with van der Waals surface area (Å²) in [5, 5.41) is -0.239. The summed E-state index contributed by atoms with van der Waals surface area (Å²) < 4.78 is 5.58. The zero-order chi connectivity index (χ0) is 15.9. The summed E-state index contributed by atoms with van der Waals surface area (Å²) in [6.07, 6.45) is 3.27. The Bertz CT molecular complexity index is 592. The first kappa shape index (κ1) is 19.5. The molecule has 5 nitrogen and oxygen atoms in total. The van der Waals surface area contributed by atoms with Crippen molar-refractivity contribution in [3.8, 4) is 5.75 Å². The van der Waals surface area contributed by atoms with Gasteiger partial charge in [-0.3, -0.25) is 14.5 Å². The van der Waals surface area contributed by atoms with Crippen LogP contribution in [0.3, 0.4) is 0 Å². The van der Waals surface area contributed by atoms with Crippen molar-refractivity contribution in [3.63, 3.8) is 0 Å². The summed E-state index contributed by atoms with van der Waals surface area (Å²) in [6, 6.07) is 7.85. The van der Waals surface area contributed by atoms with E-state index >= 15 is 0 Å². The second kappa shape index (κ2) is 9.60. The zero-order valence-corrected chi connectivity index (χ0v) is 14.6. The summed E-state index contributed by atoms with van der Waals surface area (Å²) >= 11 is 0.983. The van der Waals surface area contributed by atoms with E-state index in [2.05, 4.69) is 0 Å². The first-order valence-electron chi connectivity index (χ1n) is 7.32. The van der Waals surface area contributed by atoms with Crippen molar-refractivity contribution in [1.82, 2.24) is 4.90 Å². The summed E-state index contributed by atoms with van der Waals surface area (Å²) in [5.41, 5.74) is 6.51. The van der Waals surface area contributed by atoms with Gasteiger partial charge in [-0.15, -0.1) is 12.4 Å². The van der Waals surface area contributed by atoms with Crippen molar-refractivity contribution >= 4 is 35.3 Å². The molecule has 1 fully saturated rings. The maximum Gasteiger partial charge on any atom is 0.293 e. The molecule has 2 amide bonds. The van der Waals surface area contributed by atoms with E-state index in [1.807, 2.05) is 37.3 Å². The topological polar surface area (TPSA) is 72.6 Å². The average molecular weight is 357 g/mol. The molecule has 2 N–H and O–H groups in total. The van der Waals surface area contributed by atoms with Crippen molar-refractivity contribution in [2.24, 2.45) is 5.73 Å². The van der Waals surface area contributed by atoms with Gasteiger partial charge in [-0.1, -0.05) is 24.3 Å². The lowest BCUT2D eigenvalue weighted by molar-refractivity contribution is -0.122. The molecule has 23 heavy (non-hydrogen) atoms. The molecule has 7 heteroatoms. The van der Waals surface area contributed by atoms with Crippen LogP contribution >= 0.6 is 24.2 Å². The molecule has 0 aromatic heterocycles. The molecule has 0 bridgehead atoms. The summed E-state index contributed by atoms with van der Waals surface area (Å²) in [6.45, 7) is 3.13.